The highest BCUT2D eigenvalue weighted by Crippen LogP contribution is 2.40. The van der Waals surface area contributed by atoms with E-state index in [1.165, 1.54) is 30.2 Å². The molecule has 0 aromatic carbocycles. The van der Waals surface area contributed by atoms with Gasteiger partial charge in [0.15, 0.2) is 5.16 Å². The molecule has 1 N–H and O–H groups in total. The lowest BCUT2D eigenvalue weighted by Crippen LogP contribution is -2.16. The standard InChI is InChI=1S/C16H20N4O3S2/c1-4-20-13(10-5-6-10)18-19-16(20)24-8-12(21)17-14-11(15(22)23-3)7-9(2)25-14/h7,10H,4-6,8H2,1-3H3,(H,17,21). The zero-order valence-electron chi connectivity index (χ0n) is 14.4. The van der Waals surface area contributed by atoms with E-state index in [9.17, 15) is 9.59 Å². The Morgan fingerprint density at radius 1 is 1.44 bits per heavy atom. The lowest BCUT2D eigenvalue weighted by Gasteiger charge is -2.07. The summed E-state index contributed by atoms with van der Waals surface area (Å²) in [6.45, 7) is 4.72. The molecule has 2 heterocycles. The van der Waals surface area contributed by atoms with Gasteiger partial charge in [0.05, 0.1) is 18.4 Å². The van der Waals surface area contributed by atoms with Crippen molar-refractivity contribution in [3.8, 4) is 0 Å². The van der Waals surface area contributed by atoms with Crippen LogP contribution in [0.2, 0.25) is 0 Å². The van der Waals surface area contributed by atoms with Gasteiger partial charge in [0, 0.05) is 17.3 Å². The molecule has 2 aromatic rings. The van der Waals surface area contributed by atoms with Crippen molar-refractivity contribution in [3.63, 3.8) is 0 Å². The second-order valence-corrected chi connectivity index (χ2v) is 7.99. The van der Waals surface area contributed by atoms with Gasteiger partial charge in [-0.25, -0.2) is 4.79 Å². The number of carbonyl (C=O) groups is 2. The highest BCUT2D eigenvalue weighted by atomic mass is 32.2. The maximum Gasteiger partial charge on any atom is 0.340 e. The van der Waals surface area contributed by atoms with Crippen LogP contribution in [0.5, 0.6) is 0 Å². The van der Waals surface area contributed by atoms with Gasteiger partial charge in [-0.05, 0) is 32.8 Å². The highest BCUT2D eigenvalue weighted by molar-refractivity contribution is 7.99. The Hall–Kier alpha value is -1.87. The molecule has 0 radical (unpaired) electrons. The SMILES string of the molecule is CCn1c(SCC(=O)Nc2sc(C)cc2C(=O)OC)nnc1C1CC1. The number of thioether (sulfide) groups is 1. The molecule has 134 valence electrons. The van der Waals surface area contributed by atoms with Gasteiger partial charge >= 0.3 is 5.97 Å². The molecule has 0 unspecified atom stereocenters. The second-order valence-electron chi connectivity index (χ2n) is 5.79. The lowest BCUT2D eigenvalue weighted by molar-refractivity contribution is -0.113. The average Bonchev–Trinajstić information content (AvgIpc) is 3.26. The Balaban J connectivity index is 1.63. The summed E-state index contributed by atoms with van der Waals surface area (Å²) in [5.41, 5.74) is 0.385. The number of nitrogens with one attached hydrogen (secondary N) is 1. The first-order valence-electron chi connectivity index (χ1n) is 8.08. The van der Waals surface area contributed by atoms with E-state index in [0.29, 0.717) is 16.5 Å². The minimum absolute atomic E-state index is 0.185. The van der Waals surface area contributed by atoms with Gasteiger partial charge in [0.2, 0.25) is 5.91 Å². The summed E-state index contributed by atoms with van der Waals surface area (Å²) in [6.07, 6.45) is 2.33. The fourth-order valence-corrected chi connectivity index (χ4v) is 4.23. The molecule has 1 amide bonds. The summed E-state index contributed by atoms with van der Waals surface area (Å²) >= 11 is 2.71. The number of hydrogen-bond donors (Lipinski definition) is 1. The zero-order valence-corrected chi connectivity index (χ0v) is 16.0. The third-order valence-electron chi connectivity index (χ3n) is 3.85. The molecule has 0 bridgehead atoms. The first-order chi connectivity index (χ1) is 12.0. The topological polar surface area (TPSA) is 86.1 Å². The summed E-state index contributed by atoms with van der Waals surface area (Å²) in [7, 11) is 1.33. The van der Waals surface area contributed by atoms with Crippen molar-refractivity contribution < 1.29 is 14.3 Å². The molecule has 1 aliphatic rings. The van der Waals surface area contributed by atoms with Crippen LogP contribution in [0.15, 0.2) is 11.2 Å². The van der Waals surface area contributed by atoms with Crippen LogP contribution in [-0.2, 0) is 16.1 Å². The van der Waals surface area contributed by atoms with E-state index in [1.807, 2.05) is 6.92 Å². The molecule has 7 nitrogen and oxygen atoms in total. The maximum atomic E-state index is 12.3. The molecule has 1 aliphatic carbocycles. The summed E-state index contributed by atoms with van der Waals surface area (Å²) in [5.74, 6) is 1.11. The normalized spacial score (nSPS) is 13.7. The Morgan fingerprint density at radius 3 is 2.84 bits per heavy atom. The number of esters is 1. The summed E-state index contributed by atoms with van der Waals surface area (Å²) < 4.78 is 6.83. The lowest BCUT2D eigenvalue weighted by atomic mass is 10.3. The van der Waals surface area contributed by atoms with Crippen LogP contribution in [-0.4, -0.2) is 39.5 Å². The first-order valence-corrected chi connectivity index (χ1v) is 9.88. The number of amides is 1. The smallest absolute Gasteiger partial charge is 0.340 e. The quantitative estimate of drug-likeness (QED) is 0.587. The number of aryl methyl sites for hydroxylation is 1. The van der Waals surface area contributed by atoms with Crippen molar-refractivity contribution in [1.82, 2.24) is 14.8 Å². The number of thiophene rings is 1. The number of rotatable bonds is 7. The minimum atomic E-state index is -0.452. The fraction of sp³-hybridized carbons (Fsp3) is 0.500. The molecule has 0 aliphatic heterocycles. The van der Waals surface area contributed by atoms with Crippen LogP contribution < -0.4 is 5.32 Å². The van der Waals surface area contributed by atoms with E-state index in [4.69, 9.17) is 4.74 Å². The number of anilines is 1. The molecule has 25 heavy (non-hydrogen) atoms. The Kier molecular flexibility index (Phi) is 5.43. The van der Waals surface area contributed by atoms with E-state index >= 15 is 0 Å². The van der Waals surface area contributed by atoms with Gasteiger partial charge < -0.3 is 14.6 Å². The summed E-state index contributed by atoms with van der Waals surface area (Å²) in [4.78, 5) is 25.0. The number of ether oxygens (including phenoxy) is 1. The first kappa shape index (κ1) is 17.9. The molecule has 9 heteroatoms. The number of hydrogen-bond acceptors (Lipinski definition) is 7. The van der Waals surface area contributed by atoms with Crippen LogP contribution >= 0.6 is 23.1 Å². The fourth-order valence-electron chi connectivity index (χ4n) is 2.51. The van der Waals surface area contributed by atoms with Crippen LogP contribution in [0.25, 0.3) is 0 Å². The van der Waals surface area contributed by atoms with Crippen molar-refractivity contribution in [3.05, 3.63) is 22.3 Å². The van der Waals surface area contributed by atoms with Gasteiger partial charge in [-0.2, -0.15) is 0 Å². The maximum absolute atomic E-state index is 12.3. The van der Waals surface area contributed by atoms with E-state index in [-0.39, 0.29) is 11.7 Å². The van der Waals surface area contributed by atoms with Gasteiger partial charge in [-0.15, -0.1) is 21.5 Å². The highest BCUT2D eigenvalue weighted by Gasteiger charge is 2.30. The van der Waals surface area contributed by atoms with Crippen molar-refractivity contribution in [2.75, 3.05) is 18.2 Å². The zero-order chi connectivity index (χ0) is 18.0. The summed E-state index contributed by atoms with van der Waals surface area (Å²) in [6, 6.07) is 1.72. The number of carbonyl (C=O) groups excluding carboxylic acids is 2. The summed E-state index contributed by atoms with van der Waals surface area (Å²) in [5, 5.41) is 12.6. The number of aromatic nitrogens is 3. The van der Waals surface area contributed by atoms with Gasteiger partial charge in [0.1, 0.15) is 10.8 Å². The van der Waals surface area contributed by atoms with Crippen molar-refractivity contribution in [2.45, 2.75) is 44.3 Å². The van der Waals surface area contributed by atoms with Crippen LogP contribution in [0, 0.1) is 6.92 Å². The second kappa shape index (κ2) is 7.57. The average molecular weight is 380 g/mol. The van der Waals surface area contributed by atoms with Crippen molar-refractivity contribution in [1.29, 1.82) is 0 Å². The molecule has 1 saturated carbocycles. The molecule has 0 atom stereocenters. The molecule has 3 rings (SSSR count). The predicted octanol–water partition coefficient (Wildman–Crippen LogP) is 3.06. The van der Waals surface area contributed by atoms with Gasteiger partial charge in [-0.1, -0.05) is 11.8 Å². The third kappa shape index (κ3) is 4.04. The number of methoxy groups -OCH3 is 1. The molecule has 0 spiro atoms. The Labute approximate surface area is 154 Å². The minimum Gasteiger partial charge on any atom is -0.465 e. The van der Waals surface area contributed by atoms with Crippen LogP contribution in [0.3, 0.4) is 0 Å². The van der Waals surface area contributed by atoms with Crippen molar-refractivity contribution >= 4 is 40.0 Å². The largest absolute Gasteiger partial charge is 0.465 e. The predicted molar refractivity (Wildman–Crippen MR) is 97.4 cm³/mol. The van der Waals surface area contributed by atoms with E-state index < -0.39 is 5.97 Å². The Bertz CT molecular complexity index is 795. The monoisotopic (exact) mass is 380 g/mol. The number of nitrogens with zero attached hydrogens (tertiary/aromatic N) is 3. The third-order valence-corrected chi connectivity index (χ3v) is 5.78. The molecule has 0 saturated heterocycles. The van der Waals surface area contributed by atoms with E-state index in [2.05, 4.69) is 27.0 Å². The molecular weight excluding hydrogens is 360 g/mol. The molecule has 1 fully saturated rings. The van der Waals surface area contributed by atoms with Gasteiger partial charge in [-0.3, -0.25) is 4.79 Å². The van der Waals surface area contributed by atoms with Crippen LogP contribution in [0.4, 0.5) is 5.00 Å². The van der Waals surface area contributed by atoms with E-state index in [1.54, 1.807) is 6.07 Å². The van der Waals surface area contributed by atoms with Crippen LogP contribution in [0.1, 0.15) is 46.7 Å². The van der Waals surface area contributed by atoms with Gasteiger partial charge in [0.25, 0.3) is 0 Å². The van der Waals surface area contributed by atoms with Crippen molar-refractivity contribution in [2.24, 2.45) is 0 Å². The molecular formula is C16H20N4O3S2. The molecule has 2 aromatic heterocycles. The van der Waals surface area contributed by atoms with E-state index in [0.717, 1.165) is 35.2 Å². The Morgan fingerprint density at radius 2 is 2.20 bits per heavy atom.